The Hall–Kier alpha value is -1.87. The van der Waals surface area contributed by atoms with E-state index in [-0.39, 0.29) is 12.6 Å². The molecular formula is C14H16NO2+. The van der Waals surface area contributed by atoms with Crippen LogP contribution in [-0.4, -0.2) is 17.9 Å². The van der Waals surface area contributed by atoms with E-state index in [4.69, 9.17) is 9.52 Å². The van der Waals surface area contributed by atoms with Crippen molar-refractivity contribution in [2.24, 2.45) is 4.99 Å². The fourth-order valence-corrected chi connectivity index (χ4v) is 1.62. The maximum atomic E-state index is 7.52. The number of hydrogen-bond acceptors (Lipinski definition) is 2. The SMILES string of the molecule is Cc1ccc(C=N[C@@H](C[OH2+])c2ccccc2)o1. The first kappa shape index (κ1) is 11.6. The standard InChI is InChI=1S/C14H15NO2/c1-11-7-8-13(17-11)9-15-14(10-16)12-5-3-2-4-6-12/h2-9,14,16H,10H2,1H3/p+1/t14-/m0/s1. The molecule has 0 aliphatic carbocycles. The highest BCUT2D eigenvalue weighted by Gasteiger charge is 2.09. The molecule has 2 aromatic rings. The van der Waals surface area contributed by atoms with Gasteiger partial charge in [-0.05, 0) is 24.6 Å². The second-order valence-corrected chi connectivity index (χ2v) is 3.86. The van der Waals surface area contributed by atoms with Crippen LogP contribution in [0.2, 0.25) is 0 Å². The van der Waals surface area contributed by atoms with E-state index in [1.165, 1.54) is 0 Å². The molecule has 17 heavy (non-hydrogen) atoms. The van der Waals surface area contributed by atoms with E-state index in [0.29, 0.717) is 0 Å². The van der Waals surface area contributed by atoms with Crippen LogP contribution in [0, 0.1) is 6.92 Å². The number of nitrogens with zero attached hydrogens (tertiary/aromatic N) is 1. The number of aliphatic imine (C=N–C) groups is 1. The normalized spacial score (nSPS) is 13.1. The summed E-state index contributed by atoms with van der Waals surface area (Å²) in [5.74, 6) is 1.60. The molecule has 0 radical (unpaired) electrons. The maximum absolute atomic E-state index is 7.52. The Labute approximate surface area is 100 Å². The Morgan fingerprint density at radius 2 is 2.00 bits per heavy atom. The molecule has 0 amide bonds. The summed E-state index contributed by atoms with van der Waals surface area (Å²) in [7, 11) is 0. The van der Waals surface area contributed by atoms with Crippen LogP contribution >= 0.6 is 0 Å². The highest BCUT2D eigenvalue weighted by molar-refractivity contribution is 5.76. The number of benzene rings is 1. The molecule has 0 bridgehead atoms. The van der Waals surface area contributed by atoms with Gasteiger partial charge in [0.2, 0.25) is 0 Å². The number of aryl methyl sites for hydroxylation is 1. The van der Waals surface area contributed by atoms with Gasteiger partial charge in [-0.15, -0.1) is 0 Å². The highest BCUT2D eigenvalue weighted by atomic mass is 16.3. The largest absolute Gasteiger partial charge is 0.460 e. The molecule has 1 atom stereocenters. The van der Waals surface area contributed by atoms with E-state index in [2.05, 4.69) is 4.99 Å². The summed E-state index contributed by atoms with van der Waals surface area (Å²) in [5.41, 5.74) is 1.06. The minimum atomic E-state index is -0.124. The summed E-state index contributed by atoms with van der Waals surface area (Å²) < 4.78 is 5.40. The predicted octanol–water partition coefficient (Wildman–Crippen LogP) is 2.47. The van der Waals surface area contributed by atoms with Crippen LogP contribution in [0.1, 0.15) is 23.1 Å². The van der Waals surface area contributed by atoms with Crippen molar-refractivity contribution in [2.45, 2.75) is 13.0 Å². The Kier molecular flexibility index (Phi) is 3.73. The zero-order valence-corrected chi connectivity index (χ0v) is 9.76. The van der Waals surface area contributed by atoms with E-state index in [1.54, 1.807) is 6.21 Å². The van der Waals surface area contributed by atoms with Gasteiger partial charge in [0.05, 0.1) is 6.21 Å². The zero-order chi connectivity index (χ0) is 12.1. The Bertz CT molecular complexity index is 488. The average molecular weight is 230 g/mol. The van der Waals surface area contributed by atoms with E-state index in [1.807, 2.05) is 49.4 Å². The van der Waals surface area contributed by atoms with Crippen molar-refractivity contribution in [3.63, 3.8) is 0 Å². The molecule has 3 heteroatoms. The average Bonchev–Trinajstić information content (AvgIpc) is 2.77. The molecule has 0 saturated heterocycles. The lowest BCUT2D eigenvalue weighted by Gasteiger charge is -2.05. The molecule has 0 aliphatic rings. The first-order valence-electron chi connectivity index (χ1n) is 5.59. The molecule has 3 nitrogen and oxygen atoms in total. The third-order valence-corrected chi connectivity index (χ3v) is 2.52. The van der Waals surface area contributed by atoms with Crippen molar-refractivity contribution >= 4 is 6.21 Å². The van der Waals surface area contributed by atoms with Crippen molar-refractivity contribution < 1.29 is 9.52 Å². The summed E-state index contributed by atoms with van der Waals surface area (Å²) in [6, 6.07) is 13.5. The summed E-state index contributed by atoms with van der Waals surface area (Å²) in [6.07, 6.45) is 1.69. The van der Waals surface area contributed by atoms with Gasteiger partial charge >= 0.3 is 0 Å². The van der Waals surface area contributed by atoms with Crippen LogP contribution in [0.5, 0.6) is 0 Å². The second kappa shape index (κ2) is 5.46. The van der Waals surface area contributed by atoms with Gasteiger partial charge in [0.25, 0.3) is 0 Å². The van der Waals surface area contributed by atoms with E-state index in [9.17, 15) is 0 Å². The lowest BCUT2D eigenvalue weighted by molar-refractivity contribution is 0.269. The Morgan fingerprint density at radius 3 is 2.59 bits per heavy atom. The van der Waals surface area contributed by atoms with Gasteiger partial charge in [-0.25, -0.2) is 0 Å². The van der Waals surface area contributed by atoms with Crippen LogP contribution in [0.25, 0.3) is 0 Å². The third kappa shape index (κ3) is 3.04. The number of furan rings is 1. The number of hydrogen-bond donors (Lipinski definition) is 0. The molecule has 0 saturated carbocycles. The molecule has 0 spiro atoms. The Balaban J connectivity index is 2.13. The van der Waals surface area contributed by atoms with Gasteiger partial charge < -0.3 is 9.52 Å². The van der Waals surface area contributed by atoms with Crippen LogP contribution in [0.4, 0.5) is 0 Å². The lowest BCUT2D eigenvalue weighted by Crippen LogP contribution is -2.01. The van der Waals surface area contributed by atoms with Crippen molar-refractivity contribution in [1.29, 1.82) is 0 Å². The van der Waals surface area contributed by atoms with E-state index in [0.717, 1.165) is 17.1 Å². The number of rotatable bonds is 4. The van der Waals surface area contributed by atoms with Crippen LogP contribution in [0.3, 0.4) is 0 Å². The van der Waals surface area contributed by atoms with Gasteiger partial charge in [-0.1, -0.05) is 30.3 Å². The van der Waals surface area contributed by atoms with Crippen LogP contribution in [0.15, 0.2) is 51.9 Å². The first-order valence-corrected chi connectivity index (χ1v) is 5.59. The fourth-order valence-electron chi connectivity index (χ4n) is 1.62. The van der Waals surface area contributed by atoms with Gasteiger partial charge in [0.15, 0.2) is 6.61 Å². The second-order valence-electron chi connectivity index (χ2n) is 3.86. The molecule has 0 aliphatic heterocycles. The van der Waals surface area contributed by atoms with Gasteiger partial charge in [-0.2, -0.15) is 0 Å². The fraction of sp³-hybridized carbons (Fsp3) is 0.214. The molecule has 1 aromatic heterocycles. The van der Waals surface area contributed by atoms with Crippen LogP contribution in [-0.2, 0) is 0 Å². The summed E-state index contributed by atoms with van der Waals surface area (Å²) in [6.45, 7) is 2.14. The molecule has 0 unspecified atom stereocenters. The van der Waals surface area contributed by atoms with Crippen molar-refractivity contribution in [1.82, 2.24) is 0 Å². The topological polar surface area (TPSA) is 48.4 Å². The molecule has 2 rings (SSSR count). The Morgan fingerprint density at radius 1 is 1.24 bits per heavy atom. The van der Waals surface area contributed by atoms with E-state index < -0.39 is 0 Å². The molecule has 1 aromatic carbocycles. The molecule has 0 fully saturated rings. The van der Waals surface area contributed by atoms with Crippen molar-refractivity contribution in [3.05, 3.63) is 59.5 Å². The summed E-state index contributed by atoms with van der Waals surface area (Å²) in [4.78, 5) is 4.39. The third-order valence-electron chi connectivity index (χ3n) is 2.52. The zero-order valence-electron chi connectivity index (χ0n) is 9.76. The van der Waals surface area contributed by atoms with Crippen molar-refractivity contribution in [2.75, 3.05) is 6.61 Å². The molecule has 88 valence electrons. The quantitative estimate of drug-likeness (QED) is 0.588. The predicted molar refractivity (Wildman–Crippen MR) is 68.7 cm³/mol. The maximum Gasteiger partial charge on any atom is 0.170 e. The molecular weight excluding hydrogens is 214 g/mol. The molecule has 1 heterocycles. The highest BCUT2D eigenvalue weighted by Crippen LogP contribution is 2.16. The molecule has 2 N–H and O–H groups in total. The minimum absolute atomic E-state index is 0.124. The van der Waals surface area contributed by atoms with Crippen LogP contribution < -0.4 is 0 Å². The van der Waals surface area contributed by atoms with Gasteiger partial charge in [-0.3, -0.25) is 4.99 Å². The first-order chi connectivity index (χ1) is 8.29. The van der Waals surface area contributed by atoms with Gasteiger partial charge in [0.1, 0.15) is 17.6 Å². The van der Waals surface area contributed by atoms with Crippen molar-refractivity contribution in [3.8, 4) is 0 Å². The van der Waals surface area contributed by atoms with E-state index >= 15 is 0 Å². The summed E-state index contributed by atoms with van der Waals surface area (Å²) in [5, 5.41) is 7.52. The van der Waals surface area contributed by atoms with Gasteiger partial charge in [0, 0.05) is 0 Å². The minimum Gasteiger partial charge on any atom is -0.460 e. The lowest BCUT2D eigenvalue weighted by atomic mass is 10.1. The monoisotopic (exact) mass is 230 g/mol. The smallest absolute Gasteiger partial charge is 0.170 e. The summed E-state index contributed by atoms with van der Waals surface area (Å²) >= 11 is 0.